The fourth-order valence-corrected chi connectivity index (χ4v) is 3.94. The number of hydrogen-bond donors (Lipinski definition) is 3. The van der Waals surface area contributed by atoms with Crippen LogP contribution in [0.25, 0.3) is 0 Å². The predicted molar refractivity (Wildman–Crippen MR) is 87.9 cm³/mol. The van der Waals surface area contributed by atoms with Gasteiger partial charge in [0.05, 0.1) is 18.4 Å². The third-order valence-electron chi connectivity index (χ3n) is 5.11. The van der Waals surface area contributed by atoms with E-state index in [0.29, 0.717) is 19.0 Å². The minimum absolute atomic E-state index is 0.0445. The maximum atomic E-state index is 12.5. The van der Waals surface area contributed by atoms with Gasteiger partial charge in [-0.15, -0.1) is 0 Å². The van der Waals surface area contributed by atoms with Crippen LogP contribution < -0.4 is 16.0 Å². The number of rotatable bonds is 5. The molecule has 2 fully saturated rings. The van der Waals surface area contributed by atoms with Crippen LogP contribution in [0.2, 0.25) is 0 Å². The number of imide groups is 1. The fraction of sp³-hybridized carbons (Fsp3) is 0.625. The monoisotopic (exact) mass is 333 g/mol. The minimum Gasteiger partial charge on any atom is -0.358 e. The molecule has 2 aliphatic carbocycles. The number of carbonyl (C=O) groups is 3. The molecule has 4 unspecified atom stereocenters. The van der Waals surface area contributed by atoms with Crippen molar-refractivity contribution in [3.05, 3.63) is 12.2 Å². The van der Waals surface area contributed by atoms with Gasteiger partial charge >= 0.3 is 0 Å². The van der Waals surface area contributed by atoms with E-state index >= 15 is 0 Å². The van der Waals surface area contributed by atoms with Crippen molar-refractivity contribution in [2.24, 2.45) is 28.7 Å². The van der Waals surface area contributed by atoms with E-state index in [1.807, 2.05) is 0 Å². The highest BCUT2D eigenvalue weighted by Crippen LogP contribution is 2.52. The molecule has 1 aliphatic heterocycles. The predicted octanol–water partition coefficient (Wildman–Crippen LogP) is -1.30. The van der Waals surface area contributed by atoms with E-state index in [1.54, 1.807) is 14.1 Å². The zero-order chi connectivity index (χ0) is 17.3. The van der Waals surface area contributed by atoms with E-state index in [9.17, 15) is 14.4 Å². The Labute approximate surface area is 140 Å². The Hall–Kier alpha value is -2.38. The molecule has 3 amide bonds. The SMILES string of the molecule is CN=C(NCCN1C(=O)C2C3C=CC(C3)C2C1=O)NCC(=O)NC. The van der Waals surface area contributed by atoms with E-state index in [2.05, 4.69) is 33.1 Å². The Bertz CT molecular complexity index is 585. The smallest absolute Gasteiger partial charge is 0.239 e. The maximum absolute atomic E-state index is 12.5. The van der Waals surface area contributed by atoms with Gasteiger partial charge in [-0.05, 0) is 18.3 Å². The molecular weight excluding hydrogens is 310 g/mol. The van der Waals surface area contributed by atoms with Gasteiger partial charge in [0, 0.05) is 27.2 Å². The molecule has 1 saturated heterocycles. The van der Waals surface area contributed by atoms with Crippen LogP contribution in [-0.2, 0) is 14.4 Å². The van der Waals surface area contributed by atoms with Crippen LogP contribution in [0.5, 0.6) is 0 Å². The molecular formula is C16H23N5O3. The van der Waals surface area contributed by atoms with Gasteiger partial charge in [0.15, 0.2) is 5.96 Å². The topological polar surface area (TPSA) is 103 Å². The molecule has 130 valence electrons. The zero-order valence-electron chi connectivity index (χ0n) is 13.9. The van der Waals surface area contributed by atoms with Crippen molar-refractivity contribution in [3.63, 3.8) is 0 Å². The van der Waals surface area contributed by atoms with Crippen molar-refractivity contribution < 1.29 is 14.4 Å². The first kappa shape index (κ1) is 16.5. The standard InChI is InChI=1S/C16H23N5O3/c1-17-11(22)8-20-16(18-2)19-5-6-21-14(23)12-9-3-4-10(7-9)13(12)15(21)24/h3-4,9-10,12-13H,5-8H2,1-2H3,(H,17,22)(H2,18,19,20). The second kappa shape index (κ2) is 6.62. The average molecular weight is 333 g/mol. The Morgan fingerprint density at radius 1 is 1.21 bits per heavy atom. The Kier molecular flexibility index (Phi) is 4.55. The number of allylic oxidation sites excluding steroid dienone is 2. The molecule has 3 N–H and O–H groups in total. The molecule has 3 rings (SSSR count). The fourth-order valence-electron chi connectivity index (χ4n) is 3.94. The first-order chi connectivity index (χ1) is 11.6. The van der Waals surface area contributed by atoms with Crippen LogP contribution in [0.3, 0.4) is 0 Å². The van der Waals surface area contributed by atoms with Crippen molar-refractivity contribution in [2.75, 3.05) is 33.7 Å². The molecule has 0 aromatic rings. The summed E-state index contributed by atoms with van der Waals surface area (Å²) in [5, 5.41) is 8.38. The average Bonchev–Trinajstić information content (AvgIpc) is 3.26. The third-order valence-corrected chi connectivity index (χ3v) is 5.11. The lowest BCUT2D eigenvalue weighted by Crippen LogP contribution is -2.46. The highest BCUT2D eigenvalue weighted by atomic mass is 16.2. The van der Waals surface area contributed by atoms with Gasteiger partial charge in [0.1, 0.15) is 0 Å². The zero-order valence-corrected chi connectivity index (χ0v) is 13.9. The molecule has 1 saturated carbocycles. The van der Waals surface area contributed by atoms with Crippen LogP contribution >= 0.6 is 0 Å². The lowest BCUT2D eigenvalue weighted by molar-refractivity contribution is -0.140. The number of nitrogens with one attached hydrogen (secondary N) is 3. The first-order valence-electron chi connectivity index (χ1n) is 8.25. The summed E-state index contributed by atoms with van der Waals surface area (Å²) in [5.74, 6) is 0.372. The Morgan fingerprint density at radius 2 is 1.83 bits per heavy atom. The van der Waals surface area contributed by atoms with Gasteiger partial charge in [-0.1, -0.05) is 12.2 Å². The van der Waals surface area contributed by atoms with Crippen LogP contribution in [-0.4, -0.2) is 62.3 Å². The summed E-state index contributed by atoms with van der Waals surface area (Å²) < 4.78 is 0. The number of aliphatic imine (C=N–C) groups is 1. The number of likely N-dealkylation sites (N-methyl/N-ethyl adjacent to an activating group) is 1. The molecule has 24 heavy (non-hydrogen) atoms. The highest BCUT2D eigenvalue weighted by molar-refractivity contribution is 6.06. The summed E-state index contributed by atoms with van der Waals surface area (Å²) in [7, 11) is 3.16. The molecule has 0 radical (unpaired) electrons. The summed E-state index contributed by atoms with van der Waals surface area (Å²) in [5.41, 5.74) is 0. The normalized spacial score (nSPS) is 30.8. The molecule has 3 aliphatic rings. The van der Waals surface area contributed by atoms with Gasteiger partial charge < -0.3 is 16.0 Å². The Balaban J connectivity index is 1.50. The van der Waals surface area contributed by atoms with Crippen LogP contribution in [0.4, 0.5) is 0 Å². The highest BCUT2D eigenvalue weighted by Gasteiger charge is 2.58. The van der Waals surface area contributed by atoms with E-state index in [4.69, 9.17) is 0 Å². The lowest BCUT2D eigenvalue weighted by atomic mass is 9.85. The molecule has 1 heterocycles. The molecule has 0 spiro atoms. The number of fused-ring (bicyclic) bond motifs is 5. The van der Waals surface area contributed by atoms with Crippen LogP contribution in [0.15, 0.2) is 17.1 Å². The van der Waals surface area contributed by atoms with E-state index in [-0.39, 0.29) is 47.9 Å². The van der Waals surface area contributed by atoms with Crippen molar-refractivity contribution >= 4 is 23.7 Å². The first-order valence-corrected chi connectivity index (χ1v) is 8.25. The summed E-state index contributed by atoms with van der Waals surface area (Å²) in [6.07, 6.45) is 5.11. The summed E-state index contributed by atoms with van der Waals surface area (Å²) in [4.78, 5) is 41.7. The summed E-state index contributed by atoms with van der Waals surface area (Å²) in [6, 6.07) is 0. The molecule has 8 nitrogen and oxygen atoms in total. The quantitative estimate of drug-likeness (QED) is 0.251. The van der Waals surface area contributed by atoms with Gasteiger partial charge in [-0.25, -0.2) is 0 Å². The number of hydrogen-bond acceptors (Lipinski definition) is 4. The second-order valence-electron chi connectivity index (χ2n) is 6.35. The van der Waals surface area contributed by atoms with Gasteiger partial charge in [-0.2, -0.15) is 0 Å². The van der Waals surface area contributed by atoms with Crippen LogP contribution in [0.1, 0.15) is 6.42 Å². The van der Waals surface area contributed by atoms with Gasteiger partial charge in [-0.3, -0.25) is 24.3 Å². The molecule has 2 bridgehead atoms. The number of amides is 3. The molecule has 0 aromatic carbocycles. The van der Waals surface area contributed by atoms with Crippen molar-refractivity contribution in [1.82, 2.24) is 20.9 Å². The number of likely N-dealkylation sites (tertiary alicyclic amines) is 1. The third kappa shape index (κ3) is 2.76. The molecule has 8 heteroatoms. The molecule has 4 atom stereocenters. The minimum atomic E-state index is -0.154. The van der Waals surface area contributed by atoms with Crippen molar-refractivity contribution in [1.29, 1.82) is 0 Å². The summed E-state index contributed by atoms with van der Waals surface area (Å²) in [6.45, 7) is 0.814. The van der Waals surface area contributed by atoms with E-state index in [0.717, 1.165) is 6.42 Å². The van der Waals surface area contributed by atoms with Gasteiger partial charge in [0.25, 0.3) is 0 Å². The number of nitrogens with zero attached hydrogens (tertiary/aromatic N) is 2. The van der Waals surface area contributed by atoms with Crippen LogP contribution in [0, 0.1) is 23.7 Å². The number of guanidine groups is 1. The Morgan fingerprint density at radius 3 is 2.38 bits per heavy atom. The lowest BCUT2D eigenvalue weighted by Gasteiger charge is -2.18. The number of carbonyl (C=O) groups excluding carboxylic acids is 3. The summed E-state index contributed by atoms with van der Waals surface area (Å²) >= 11 is 0. The maximum Gasteiger partial charge on any atom is 0.239 e. The molecule has 0 aromatic heterocycles. The second-order valence-corrected chi connectivity index (χ2v) is 6.35. The van der Waals surface area contributed by atoms with E-state index in [1.165, 1.54) is 4.90 Å². The largest absolute Gasteiger partial charge is 0.358 e. The van der Waals surface area contributed by atoms with E-state index < -0.39 is 0 Å². The van der Waals surface area contributed by atoms with Crippen molar-refractivity contribution in [3.8, 4) is 0 Å². The van der Waals surface area contributed by atoms with Gasteiger partial charge in [0.2, 0.25) is 17.7 Å². The van der Waals surface area contributed by atoms with Crippen molar-refractivity contribution in [2.45, 2.75) is 6.42 Å².